The Hall–Kier alpha value is -11.7. The van der Waals surface area contributed by atoms with Crippen molar-refractivity contribution in [2.75, 3.05) is 28.2 Å². The average molecular weight is 1350 g/mol. The molecule has 18 aromatic rings. The number of hydrogen-bond donors (Lipinski definition) is 0. The quantitative estimate of drug-likeness (QED) is 0.0520. The summed E-state index contributed by atoms with van der Waals surface area (Å²) in [6.45, 7) is 0. The fourth-order valence-electron chi connectivity index (χ4n) is 15.6. The van der Waals surface area contributed by atoms with Crippen molar-refractivity contribution in [1.82, 2.24) is 19.1 Å². The maximum atomic E-state index is 7.66. The molecule has 478 valence electrons. The van der Waals surface area contributed by atoms with Gasteiger partial charge < -0.3 is 9.05 Å². The fraction of sp³-hybridized carbons (Fsp3) is 0.0476. The number of benzene rings is 18. The van der Waals surface area contributed by atoms with E-state index < -0.39 is 22.7 Å². The maximum Gasteiger partial charge on any atom is 0.455 e. The summed E-state index contributed by atoms with van der Waals surface area (Å²) in [6.07, 6.45) is 7.72. The smallest absolute Gasteiger partial charge is 0.413 e. The standard InChI is InChI=1S/C84H60N11O2P3/c1-92(85-49-65-37-33-61-29-25-53-13-9-17-57-41-45-69(65)81(61)77(53)57)98(93(2)86-50-66-38-34-62-30-26-54-14-10-18-58-42-46-70(66)82(62)78(54)58)89-99(91-100(90-98)96-75-23-7-5-21-73(75)74-22-6-8-24-76(74)97-100,94(3)87-51-67-39-35-63-31-27-55-15-11-19-59-43-47-71(67)83(63)79(55)59)95(4)88-52-68-40-36-64-32-28-56-16-12-20-60-44-48-72(68)84(64)80(56)60/h5-52H,1-4H3/b85-49-,86-50-,87-51+,88-52+. The van der Waals surface area contributed by atoms with Gasteiger partial charge in [0.05, 0.1) is 24.9 Å². The van der Waals surface area contributed by atoms with E-state index in [4.69, 9.17) is 43.0 Å². The first-order valence-electron chi connectivity index (χ1n) is 33.4. The van der Waals surface area contributed by atoms with E-state index >= 15 is 0 Å². The first-order valence-corrected chi connectivity index (χ1v) is 38.1. The Morgan fingerprint density at radius 1 is 0.250 bits per heavy atom. The summed E-state index contributed by atoms with van der Waals surface area (Å²) >= 11 is 0. The van der Waals surface area contributed by atoms with E-state index in [-0.39, 0.29) is 0 Å². The van der Waals surface area contributed by atoms with Gasteiger partial charge in [0.2, 0.25) is 0 Å². The molecule has 0 saturated carbocycles. The van der Waals surface area contributed by atoms with E-state index in [1.807, 2.05) is 109 Å². The molecule has 0 atom stereocenters. The summed E-state index contributed by atoms with van der Waals surface area (Å²) in [7, 11) is -4.38. The monoisotopic (exact) mass is 1350 g/mol. The van der Waals surface area contributed by atoms with Crippen molar-refractivity contribution in [1.29, 1.82) is 0 Å². The second-order valence-electron chi connectivity index (χ2n) is 26.0. The Balaban J connectivity index is 0.855. The van der Waals surface area contributed by atoms with Gasteiger partial charge in [0, 0.05) is 61.6 Å². The Kier molecular flexibility index (Phi) is 12.9. The van der Waals surface area contributed by atoms with Gasteiger partial charge in [-0.15, -0.1) is 9.03 Å². The zero-order chi connectivity index (χ0) is 66.6. The summed E-state index contributed by atoms with van der Waals surface area (Å²) in [6, 6.07) is 94.6. The number of hydrazone groups is 4. The molecule has 1 spiro atoms. The summed E-state index contributed by atoms with van der Waals surface area (Å²) < 4.78 is 41.3. The first kappa shape index (κ1) is 58.4. The van der Waals surface area contributed by atoms with Gasteiger partial charge in [-0.1, -0.05) is 255 Å². The largest absolute Gasteiger partial charge is 0.455 e. The molecule has 18 aromatic carbocycles. The second kappa shape index (κ2) is 22.2. The highest BCUT2D eigenvalue weighted by molar-refractivity contribution is 7.81. The van der Waals surface area contributed by atoms with Crippen molar-refractivity contribution < 1.29 is 9.05 Å². The molecule has 0 saturated heterocycles. The molecule has 16 heteroatoms. The van der Waals surface area contributed by atoms with Crippen molar-refractivity contribution in [2.24, 2.45) is 34.0 Å². The van der Waals surface area contributed by atoms with Gasteiger partial charge in [0.25, 0.3) is 0 Å². The summed E-state index contributed by atoms with van der Waals surface area (Å²) in [5.74, 6) is 1.09. The lowest BCUT2D eigenvalue weighted by Gasteiger charge is -2.42. The minimum atomic E-state index is -4.16. The van der Waals surface area contributed by atoms with Crippen LogP contribution in [-0.4, -0.2) is 72.2 Å². The molecular weight excluding hydrogens is 1290 g/mol. The molecule has 0 fully saturated rings. The van der Waals surface area contributed by atoms with Crippen LogP contribution in [0.4, 0.5) is 0 Å². The molecule has 0 radical (unpaired) electrons. The molecule has 0 amide bonds. The molecule has 2 aliphatic rings. The highest BCUT2D eigenvalue weighted by Gasteiger charge is 2.50. The number of hydrogen-bond acceptors (Lipinski definition) is 13. The lowest BCUT2D eigenvalue weighted by Crippen LogP contribution is -2.26. The van der Waals surface area contributed by atoms with Crippen LogP contribution >= 0.6 is 22.7 Å². The van der Waals surface area contributed by atoms with Gasteiger partial charge in [-0.3, -0.25) is 0 Å². The number of nitrogens with zero attached hydrogens (tertiary/aromatic N) is 11. The van der Waals surface area contributed by atoms with Gasteiger partial charge >= 0.3 is 22.7 Å². The molecule has 13 nitrogen and oxygen atoms in total. The Bertz CT molecular complexity index is 6000. The Morgan fingerprint density at radius 2 is 0.490 bits per heavy atom. The molecule has 0 bridgehead atoms. The van der Waals surface area contributed by atoms with Gasteiger partial charge in [-0.05, 0) is 141 Å². The van der Waals surface area contributed by atoms with Crippen molar-refractivity contribution in [3.8, 4) is 22.6 Å². The van der Waals surface area contributed by atoms with Crippen LogP contribution in [0, 0.1) is 0 Å². The van der Waals surface area contributed by atoms with Crippen LogP contribution in [0.25, 0.3) is 140 Å². The topological polar surface area (TPSA) is 118 Å². The van der Waals surface area contributed by atoms with Crippen LogP contribution in [0.15, 0.2) is 301 Å². The van der Waals surface area contributed by atoms with Crippen LogP contribution in [0.1, 0.15) is 22.3 Å². The number of para-hydroxylation sites is 2. The molecule has 0 aromatic heterocycles. The van der Waals surface area contributed by atoms with E-state index in [1.54, 1.807) is 0 Å². The minimum absolute atomic E-state index is 0.547. The third-order valence-corrected chi connectivity index (χ3v) is 30.5. The van der Waals surface area contributed by atoms with Gasteiger partial charge in [-0.2, -0.15) is 24.9 Å². The average Bonchev–Trinajstić information content (AvgIpc) is 1.18. The number of fused-ring (bicyclic) bond motifs is 3. The lowest BCUT2D eigenvalue weighted by molar-refractivity contribution is 0.457. The van der Waals surface area contributed by atoms with E-state index in [9.17, 15) is 0 Å². The van der Waals surface area contributed by atoms with E-state index in [2.05, 4.69) is 231 Å². The molecule has 2 heterocycles. The van der Waals surface area contributed by atoms with Crippen LogP contribution in [-0.2, 0) is 0 Å². The molecule has 20 rings (SSSR count). The van der Waals surface area contributed by atoms with Gasteiger partial charge in [0.1, 0.15) is 11.5 Å². The lowest BCUT2D eigenvalue weighted by atomic mass is 9.92. The van der Waals surface area contributed by atoms with E-state index in [1.165, 1.54) is 86.2 Å². The van der Waals surface area contributed by atoms with Crippen molar-refractivity contribution in [3.05, 3.63) is 289 Å². The second-order valence-corrected chi connectivity index (χ2v) is 33.9. The summed E-state index contributed by atoms with van der Waals surface area (Å²) in [4.78, 5) is 0. The highest BCUT2D eigenvalue weighted by atomic mass is 31.3. The van der Waals surface area contributed by atoms with Gasteiger partial charge in [-0.25, -0.2) is 19.1 Å². The molecule has 2 aliphatic heterocycles. The zero-order valence-corrected chi connectivity index (χ0v) is 57.5. The molecule has 0 unspecified atom stereocenters. The van der Waals surface area contributed by atoms with Crippen LogP contribution < -0.4 is 9.05 Å². The molecule has 100 heavy (non-hydrogen) atoms. The molecule has 0 N–H and O–H groups in total. The van der Waals surface area contributed by atoms with Crippen LogP contribution in [0.3, 0.4) is 0 Å². The summed E-state index contributed by atoms with van der Waals surface area (Å²) in [5, 5.41) is 50.2. The predicted octanol–water partition coefficient (Wildman–Crippen LogP) is 23.4. The molecular formula is C84H60N11O2P3. The molecule has 0 aliphatic carbocycles. The SMILES string of the molecule is CN(/N=C\c1ccc2ccc3cccc4ccc1c2c34)P1(N(C)/N=C\c2ccc3ccc4cccc5ccc2c3c45)=NP(N(C)/N=C/c2ccc3ccc4cccc5ccc2c3c45)(N(C)/N=C/c2ccc3ccc4cccc5ccc2c3c45)=NP2(=N1)Oc1ccccc1-c1ccccc1O2. The van der Waals surface area contributed by atoms with Crippen molar-refractivity contribution in [3.63, 3.8) is 0 Å². The minimum Gasteiger partial charge on any atom is -0.413 e. The summed E-state index contributed by atoms with van der Waals surface area (Å²) in [5.41, 5.74) is 5.32. The van der Waals surface area contributed by atoms with Crippen molar-refractivity contribution in [2.45, 2.75) is 0 Å². The van der Waals surface area contributed by atoms with Crippen molar-refractivity contribution >= 4 is 177 Å². The highest BCUT2D eigenvalue weighted by Crippen LogP contribution is 2.82. The third kappa shape index (κ3) is 8.85. The van der Waals surface area contributed by atoms with Gasteiger partial charge in [0.15, 0.2) is 0 Å². The zero-order valence-electron chi connectivity index (χ0n) is 54.8. The fourth-order valence-corrected chi connectivity index (χ4v) is 27.4. The first-order chi connectivity index (χ1) is 49.1. The third-order valence-electron chi connectivity index (χ3n) is 20.5. The normalized spacial score (nSPS) is 15.1. The maximum absolute atomic E-state index is 7.66. The van der Waals surface area contributed by atoms with E-state index in [0.717, 1.165) is 76.5 Å². The predicted molar refractivity (Wildman–Crippen MR) is 423 cm³/mol. The Morgan fingerprint density at radius 3 is 0.780 bits per heavy atom. The van der Waals surface area contributed by atoms with Crippen LogP contribution in [0.2, 0.25) is 0 Å². The van der Waals surface area contributed by atoms with Crippen LogP contribution in [0.5, 0.6) is 11.5 Å². The Labute approximate surface area is 575 Å². The number of rotatable bonds is 12. The van der Waals surface area contributed by atoms with E-state index in [0.29, 0.717) is 11.5 Å².